The fourth-order valence-electron chi connectivity index (χ4n) is 1.73. The van der Waals surface area contributed by atoms with Crippen molar-refractivity contribution in [1.82, 2.24) is 0 Å². The van der Waals surface area contributed by atoms with Gasteiger partial charge in [0.1, 0.15) is 5.82 Å². The van der Waals surface area contributed by atoms with Crippen molar-refractivity contribution >= 4 is 5.78 Å². The second kappa shape index (κ2) is 6.50. The Balaban J connectivity index is 2.64. The summed E-state index contributed by atoms with van der Waals surface area (Å²) in [5, 5.41) is 0. The summed E-state index contributed by atoms with van der Waals surface area (Å²) in [5.41, 5.74) is 7.47. The quantitative estimate of drug-likeness (QED) is 0.826. The third-order valence-electron chi connectivity index (χ3n) is 2.96. The maximum absolute atomic E-state index is 13.1. The first-order valence-electron chi connectivity index (χ1n) is 6.08. The largest absolute Gasteiger partial charge is 0.321 e. The van der Waals surface area contributed by atoms with Crippen LogP contribution in [-0.4, -0.2) is 11.8 Å². The summed E-state index contributed by atoms with van der Waals surface area (Å²) in [6.07, 6.45) is 2.92. The highest BCUT2D eigenvalue weighted by Gasteiger charge is 2.14. The molecule has 1 atom stereocenters. The Bertz CT molecular complexity index is 390. The Kier molecular flexibility index (Phi) is 5.29. The first kappa shape index (κ1) is 13.8. The number of nitrogens with two attached hydrogens (primary N) is 1. The first-order chi connectivity index (χ1) is 8.04. The summed E-state index contributed by atoms with van der Waals surface area (Å²) in [7, 11) is 0. The van der Waals surface area contributed by atoms with Gasteiger partial charge in [-0.15, -0.1) is 0 Å². The average molecular weight is 237 g/mol. The molecular formula is C14H20FNO. The van der Waals surface area contributed by atoms with Crippen molar-refractivity contribution in [2.24, 2.45) is 5.73 Å². The van der Waals surface area contributed by atoms with Gasteiger partial charge in [0.2, 0.25) is 0 Å². The minimum atomic E-state index is -0.419. The number of aryl methyl sites for hydroxylation is 1. The number of hydrogen-bond acceptors (Lipinski definition) is 2. The molecule has 17 heavy (non-hydrogen) atoms. The van der Waals surface area contributed by atoms with Gasteiger partial charge >= 0.3 is 0 Å². The maximum atomic E-state index is 13.1. The highest BCUT2D eigenvalue weighted by atomic mass is 19.1. The SMILES string of the molecule is CCCCC(N)C(=O)Cc1cc(F)ccc1C. The molecule has 0 bridgehead atoms. The van der Waals surface area contributed by atoms with Gasteiger partial charge in [0.05, 0.1) is 6.04 Å². The van der Waals surface area contributed by atoms with E-state index in [0.717, 1.165) is 24.0 Å². The fourth-order valence-corrected chi connectivity index (χ4v) is 1.73. The number of halogens is 1. The van der Waals surface area contributed by atoms with Gasteiger partial charge in [-0.3, -0.25) is 4.79 Å². The van der Waals surface area contributed by atoms with Crippen LogP contribution < -0.4 is 5.73 Å². The zero-order chi connectivity index (χ0) is 12.8. The topological polar surface area (TPSA) is 43.1 Å². The molecule has 3 heteroatoms. The summed E-state index contributed by atoms with van der Waals surface area (Å²) in [6, 6.07) is 4.09. The molecule has 1 aromatic rings. The number of unbranched alkanes of at least 4 members (excludes halogenated alkanes) is 1. The molecule has 2 nitrogen and oxygen atoms in total. The van der Waals surface area contributed by atoms with E-state index in [4.69, 9.17) is 5.73 Å². The normalized spacial score (nSPS) is 12.5. The van der Waals surface area contributed by atoms with Crippen molar-refractivity contribution in [3.63, 3.8) is 0 Å². The minimum Gasteiger partial charge on any atom is -0.321 e. The summed E-state index contributed by atoms with van der Waals surface area (Å²) in [4.78, 5) is 11.8. The van der Waals surface area contributed by atoms with Crippen molar-refractivity contribution in [1.29, 1.82) is 0 Å². The molecule has 0 aliphatic heterocycles. The molecular weight excluding hydrogens is 217 g/mol. The molecule has 2 N–H and O–H groups in total. The lowest BCUT2D eigenvalue weighted by Crippen LogP contribution is -2.31. The van der Waals surface area contributed by atoms with Crippen LogP contribution in [0.1, 0.15) is 37.3 Å². The second-order valence-electron chi connectivity index (χ2n) is 4.46. The summed E-state index contributed by atoms with van der Waals surface area (Å²) < 4.78 is 13.1. The zero-order valence-corrected chi connectivity index (χ0v) is 10.5. The number of Topliss-reactive ketones (excluding diaryl/α,β-unsaturated/α-hetero) is 1. The maximum Gasteiger partial charge on any atom is 0.153 e. The first-order valence-corrected chi connectivity index (χ1v) is 6.08. The van der Waals surface area contributed by atoms with Crippen LogP contribution in [0.15, 0.2) is 18.2 Å². The molecule has 94 valence electrons. The van der Waals surface area contributed by atoms with Crippen LogP contribution in [0.3, 0.4) is 0 Å². The predicted octanol–water partition coefficient (Wildman–Crippen LogP) is 2.76. The average Bonchev–Trinajstić information content (AvgIpc) is 2.30. The highest BCUT2D eigenvalue weighted by Crippen LogP contribution is 2.12. The van der Waals surface area contributed by atoms with E-state index in [1.807, 2.05) is 6.92 Å². The van der Waals surface area contributed by atoms with Crippen molar-refractivity contribution in [2.75, 3.05) is 0 Å². The molecule has 1 rings (SSSR count). The Labute approximate surface area is 102 Å². The van der Waals surface area contributed by atoms with Crippen LogP contribution in [-0.2, 0) is 11.2 Å². The van der Waals surface area contributed by atoms with Crippen LogP contribution in [0, 0.1) is 12.7 Å². The van der Waals surface area contributed by atoms with Gasteiger partial charge in [-0.2, -0.15) is 0 Å². The van der Waals surface area contributed by atoms with Crippen molar-refractivity contribution < 1.29 is 9.18 Å². The van der Waals surface area contributed by atoms with E-state index in [1.54, 1.807) is 6.07 Å². The number of carbonyl (C=O) groups is 1. The lowest BCUT2D eigenvalue weighted by molar-refractivity contribution is -0.119. The molecule has 0 fully saturated rings. The van der Waals surface area contributed by atoms with Gasteiger partial charge in [0, 0.05) is 6.42 Å². The fraction of sp³-hybridized carbons (Fsp3) is 0.500. The second-order valence-corrected chi connectivity index (χ2v) is 4.46. The summed E-state index contributed by atoms with van der Waals surface area (Å²) in [6.45, 7) is 3.94. The Morgan fingerprint density at radius 3 is 2.82 bits per heavy atom. The number of carbonyl (C=O) groups excluding carboxylic acids is 1. The van der Waals surface area contributed by atoms with Crippen LogP contribution in [0.2, 0.25) is 0 Å². The Hall–Kier alpha value is -1.22. The van der Waals surface area contributed by atoms with E-state index < -0.39 is 6.04 Å². The smallest absolute Gasteiger partial charge is 0.153 e. The van der Waals surface area contributed by atoms with Gasteiger partial charge in [0.25, 0.3) is 0 Å². The standard InChI is InChI=1S/C14H20FNO/c1-3-4-5-13(16)14(17)9-11-8-12(15)7-6-10(11)2/h6-8,13H,3-5,9,16H2,1-2H3. The monoisotopic (exact) mass is 237 g/mol. The van der Waals surface area contributed by atoms with Gasteiger partial charge in [-0.1, -0.05) is 25.8 Å². The predicted molar refractivity (Wildman–Crippen MR) is 67.3 cm³/mol. The molecule has 0 saturated carbocycles. The highest BCUT2D eigenvalue weighted by molar-refractivity contribution is 5.86. The van der Waals surface area contributed by atoms with Crippen molar-refractivity contribution in [3.8, 4) is 0 Å². The summed E-state index contributed by atoms with van der Waals surface area (Å²) >= 11 is 0. The van der Waals surface area contributed by atoms with E-state index in [0.29, 0.717) is 6.42 Å². The van der Waals surface area contributed by atoms with Crippen molar-refractivity contribution in [2.45, 2.75) is 45.6 Å². The molecule has 0 aliphatic carbocycles. The Morgan fingerprint density at radius 1 is 1.47 bits per heavy atom. The van der Waals surface area contributed by atoms with E-state index in [9.17, 15) is 9.18 Å². The van der Waals surface area contributed by atoms with Crippen LogP contribution in [0.5, 0.6) is 0 Å². The third-order valence-corrected chi connectivity index (χ3v) is 2.96. The molecule has 1 unspecified atom stereocenters. The van der Waals surface area contributed by atoms with Crippen molar-refractivity contribution in [3.05, 3.63) is 35.1 Å². The molecule has 0 radical (unpaired) electrons. The van der Waals surface area contributed by atoms with E-state index in [1.165, 1.54) is 12.1 Å². The number of ketones is 1. The van der Waals surface area contributed by atoms with Crippen LogP contribution in [0.4, 0.5) is 4.39 Å². The van der Waals surface area contributed by atoms with Gasteiger partial charge < -0.3 is 5.73 Å². The molecule has 0 heterocycles. The van der Waals surface area contributed by atoms with E-state index in [2.05, 4.69) is 6.92 Å². The molecule has 0 spiro atoms. The summed E-state index contributed by atoms with van der Waals surface area (Å²) in [5.74, 6) is -0.312. The molecule has 0 aliphatic rings. The molecule has 0 aromatic heterocycles. The number of benzene rings is 1. The lowest BCUT2D eigenvalue weighted by atomic mass is 9.97. The number of rotatable bonds is 6. The van der Waals surface area contributed by atoms with Gasteiger partial charge in [-0.05, 0) is 36.6 Å². The van der Waals surface area contributed by atoms with Crippen LogP contribution >= 0.6 is 0 Å². The lowest BCUT2D eigenvalue weighted by Gasteiger charge is -2.11. The molecule has 0 amide bonds. The molecule has 0 saturated heterocycles. The molecule has 1 aromatic carbocycles. The van der Waals surface area contributed by atoms with Crippen LogP contribution in [0.25, 0.3) is 0 Å². The van der Waals surface area contributed by atoms with Gasteiger partial charge in [0.15, 0.2) is 5.78 Å². The third kappa shape index (κ3) is 4.27. The van der Waals surface area contributed by atoms with E-state index >= 15 is 0 Å². The zero-order valence-electron chi connectivity index (χ0n) is 10.5. The Morgan fingerprint density at radius 2 is 2.18 bits per heavy atom. The van der Waals surface area contributed by atoms with E-state index in [-0.39, 0.29) is 18.0 Å². The number of hydrogen-bond donors (Lipinski definition) is 1. The minimum absolute atomic E-state index is 0.00727. The van der Waals surface area contributed by atoms with Gasteiger partial charge in [-0.25, -0.2) is 4.39 Å².